The molecule has 3 N–H and O–H groups in total. The molecule has 2 atom stereocenters. The highest BCUT2D eigenvalue weighted by Gasteiger charge is 2.52. The van der Waals surface area contributed by atoms with E-state index < -0.39 is 40.3 Å². The van der Waals surface area contributed by atoms with E-state index >= 15 is 0 Å². The number of alkyl halides is 3. The molecule has 318 valence electrons. The molecule has 0 spiro atoms. The first-order valence-electron chi connectivity index (χ1n) is 20.3. The van der Waals surface area contributed by atoms with Crippen molar-refractivity contribution in [2.75, 3.05) is 66.3 Å². The minimum absolute atomic E-state index is 0.00540. The molecule has 3 aromatic carbocycles. The number of piperidine rings is 1. The first-order valence-corrected chi connectivity index (χ1v) is 20.8. The van der Waals surface area contributed by atoms with Gasteiger partial charge in [0.15, 0.2) is 5.50 Å². The first kappa shape index (κ1) is 42.8. The van der Waals surface area contributed by atoms with Crippen LogP contribution in [0.15, 0.2) is 60.7 Å². The molecule has 1 saturated carbocycles. The zero-order valence-electron chi connectivity index (χ0n) is 33.6. The number of hydrogen-bond acceptors (Lipinski definition) is 11. The van der Waals surface area contributed by atoms with Gasteiger partial charge in [-0.15, -0.1) is 12.6 Å². The van der Waals surface area contributed by atoms with Gasteiger partial charge < -0.3 is 20.3 Å². The van der Waals surface area contributed by atoms with Gasteiger partial charge in [-0.1, -0.05) is 18.9 Å². The van der Waals surface area contributed by atoms with Gasteiger partial charge in [-0.25, -0.2) is 0 Å². The minimum Gasteiger partial charge on any atom is -0.492 e. The number of piperazine rings is 1. The molecule has 3 aliphatic heterocycles. The standard InChI is InChI=1S/C43H49F3N8O5S/c1-42(2)40(58)53(31-11-10-28(25-47)34(24-31)43(44,45)46)41(60)54(42)32-12-14-36(33(23-32)27-6-3-4-7-27)59-21-20-51-16-18-52(19-17-51)26-38(56)49-30-9-5-8-29(22-30)48-35-13-15-37(55)50-39(35)57/h5,8-12,14,22-24,27,35,41,48,60H,3-4,6-7,13,15-21,26H2,1-2H3,(H,49,56)(H,50,55,57). The second-order valence-corrected chi connectivity index (χ2v) is 16.7. The van der Waals surface area contributed by atoms with E-state index in [-0.39, 0.29) is 42.3 Å². The van der Waals surface area contributed by atoms with Crippen LogP contribution in [-0.2, 0) is 25.4 Å². The number of amides is 4. The first-order chi connectivity index (χ1) is 28.6. The summed E-state index contributed by atoms with van der Waals surface area (Å²) >= 11 is 4.79. The average molecular weight is 847 g/mol. The zero-order valence-corrected chi connectivity index (χ0v) is 34.5. The van der Waals surface area contributed by atoms with Gasteiger partial charge >= 0.3 is 6.18 Å². The smallest absolute Gasteiger partial charge is 0.417 e. The summed E-state index contributed by atoms with van der Waals surface area (Å²) in [6.07, 6.45) is 0.0442. The quantitative estimate of drug-likeness (QED) is 0.128. The third-order valence-electron chi connectivity index (χ3n) is 11.8. The molecule has 0 aromatic heterocycles. The Balaban J connectivity index is 0.939. The SMILES string of the molecule is CC1(C)C(=O)N(c2ccc(C#N)c(C(F)(F)F)c2)C(S)N1c1ccc(OCCN2CCN(CC(=O)Nc3cccc(NC4CCC(=O)NC4=O)c3)CC2)c(C2CCCC2)c1. The third-order valence-corrected chi connectivity index (χ3v) is 12.3. The van der Waals surface area contributed by atoms with Gasteiger partial charge in [-0.05, 0) is 99.2 Å². The summed E-state index contributed by atoms with van der Waals surface area (Å²) in [6.45, 7) is 7.75. The van der Waals surface area contributed by atoms with E-state index in [1.807, 2.05) is 23.1 Å². The fraction of sp³-hybridized carbons (Fsp3) is 0.465. The number of carbonyl (C=O) groups excluding carboxylic acids is 4. The van der Waals surface area contributed by atoms with Gasteiger partial charge in [-0.3, -0.25) is 39.2 Å². The number of hydrogen-bond donors (Lipinski definition) is 4. The summed E-state index contributed by atoms with van der Waals surface area (Å²) in [6, 6.07) is 17.3. The van der Waals surface area contributed by atoms with E-state index in [0.29, 0.717) is 49.7 Å². The van der Waals surface area contributed by atoms with Crippen molar-refractivity contribution >= 4 is 59.0 Å². The molecule has 3 aromatic rings. The van der Waals surface area contributed by atoms with Crippen LogP contribution in [0.4, 0.5) is 35.9 Å². The molecular formula is C43H49F3N8O5S. The minimum atomic E-state index is -4.78. The van der Waals surface area contributed by atoms with E-state index in [2.05, 4.69) is 25.8 Å². The van der Waals surface area contributed by atoms with E-state index in [1.165, 1.54) is 11.0 Å². The van der Waals surface area contributed by atoms with Crippen molar-refractivity contribution in [2.45, 2.75) is 81.5 Å². The molecular weight excluding hydrogens is 798 g/mol. The highest BCUT2D eigenvalue weighted by molar-refractivity contribution is 7.81. The van der Waals surface area contributed by atoms with Gasteiger partial charge in [0.05, 0.1) is 23.7 Å². The Bertz CT molecular complexity index is 2170. The maximum atomic E-state index is 13.9. The maximum absolute atomic E-state index is 13.9. The number of halogens is 3. The molecule has 2 unspecified atom stereocenters. The lowest BCUT2D eigenvalue weighted by Crippen LogP contribution is -2.49. The number of imide groups is 1. The number of rotatable bonds is 12. The molecule has 4 amide bonds. The van der Waals surface area contributed by atoms with Gasteiger partial charge in [0, 0.05) is 61.9 Å². The Kier molecular flexibility index (Phi) is 12.6. The summed E-state index contributed by atoms with van der Waals surface area (Å²) < 4.78 is 48.1. The molecule has 4 fully saturated rings. The van der Waals surface area contributed by atoms with Gasteiger partial charge in [-0.2, -0.15) is 18.4 Å². The monoisotopic (exact) mass is 846 g/mol. The Hall–Kier alpha value is -5.31. The second-order valence-electron chi connectivity index (χ2n) is 16.2. The van der Waals surface area contributed by atoms with Crippen LogP contribution >= 0.6 is 12.6 Å². The molecule has 7 rings (SSSR count). The molecule has 13 nitrogen and oxygen atoms in total. The molecule has 3 saturated heterocycles. The van der Waals surface area contributed by atoms with E-state index in [0.717, 1.165) is 62.2 Å². The number of nitriles is 1. The third kappa shape index (κ3) is 9.35. The molecule has 17 heteroatoms. The van der Waals surface area contributed by atoms with Crippen LogP contribution < -0.4 is 30.5 Å². The van der Waals surface area contributed by atoms with Crippen LogP contribution in [0.3, 0.4) is 0 Å². The number of anilines is 4. The number of carbonyl (C=O) groups is 4. The summed E-state index contributed by atoms with van der Waals surface area (Å²) in [5.74, 6) is -0.195. The molecule has 60 heavy (non-hydrogen) atoms. The number of thiol groups is 1. The van der Waals surface area contributed by atoms with Crippen LogP contribution in [0.2, 0.25) is 0 Å². The largest absolute Gasteiger partial charge is 0.492 e. The van der Waals surface area contributed by atoms with E-state index in [1.54, 1.807) is 44.2 Å². The lowest BCUT2D eigenvalue weighted by atomic mass is 9.95. The fourth-order valence-corrected chi connectivity index (χ4v) is 9.24. The van der Waals surface area contributed by atoms with E-state index in [9.17, 15) is 37.6 Å². The summed E-state index contributed by atoms with van der Waals surface area (Å²) in [4.78, 5) is 57.9. The number of benzene rings is 3. The summed E-state index contributed by atoms with van der Waals surface area (Å²) in [7, 11) is 0. The van der Waals surface area contributed by atoms with Crippen LogP contribution in [-0.4, -0.2) is 96.4 Å². The summed E-state index contributed by atoms with van der Waals surface area (Å²) in [5.41, 5.74) is -0.695. The van der Waals surface area contributed by atoms with E-state index in [4.69, 9.17) is 17.4 Å². The van der Waals surface area contributed by atoms with Crippen molar-refractivity contribution in [3.63, 3.8) is 0 Å². The van der Waals surface area contributed by atoms with Crippen molar-refractivity contribution < 1.29 is 37.1 Å². The van der Waals surface area contributed by atoms with Crippen LogP contribution in [0.25, 0.3) is 0 Å². The molecule has 0 bridgehead atoms. The van der Waals surface area contributed by atoms with Gasteiger partial charge in [0.1, 0.15) is 23.9 Å². The molecule has 3 heterocycles. The highest BCUT2D eigenvalue weighted by Crippen LogP contribution is 2.46. The molecule has 1 aliphatic carbocycles. The second kappa shape index (κ2) is 17.7. The summed E-state index contributed by atoms with van der Waals surface area (Å²) in [5, 5.41) is 17.7. The lowest BCUT2D eigenvalue weighted by molar-refractivity contribution is -0.138. The fourth-order valence-electron chi connectivity index (χ4n) is 8.58. The van der Waals surface area contributed by atoms with Gasteiger partial charge in [0.2, 0.25) is 17.7 Å². The van der Waals surface area contributed by atoms with Crippen LogP contribution in [0, 0.1) is 11.3 Å². The Morgan fingerprint density at radius 1 is 0.950 bits per heavy atom. The van der Waals surface area contributed by atoms with Gasteiger partial charge in [0.25, 0.3) is 5.91 Å². The van der Waals surface area contributed by atoms with Crippen molar-refractivity contribution in [3.05, 3.63) is 77.4 Å². The Morgan fingerprint density at radius 3 is 2.35 bits per heavy atom. The number of nitrogens with one attached hydrogen (secondary N) is 3. The lowest BCUT2D eigenvalue weighted by Gasteiger charge is -2.35. The Morgan fingerprint density at radius 2 is 1.65 bits per heavy atom. The zero-order chi connectivity index (χ0) is 42.8. The Labute approximate surface area is 352 Å². The average Bonchev–Trinajstić information content (AvgIpc) is 3.80. The molecule has 4 aliphatic rings. The van der Waals surface area contributed by atoms with Crippen LogP contribution in [0.5, 0.6) is 5.75 Å². The number of nitrogens with zero attached hydrogens (tertiary/aromatic N) is 5. The predicted octanol–water partition coefficient (Wildman–Crippen LogP) is 5.93. The van der Waals surface area contributed by atoms with Crippen LogP contribution in [0.1, 0.15) is 75.0 Å². The normalized spacial score (nSPS) is 21.5. The van der Waals surface area contributed by atoms with Crippen molar-refractivity contribution in [1.82, 2.24) is 15.1 Å². The molecule has 0 radical (unpaired) electrons. The predicted molar refractivity (Wildman–Crippen MR) is 224 cm³/mol. The van der Waals surface area contributed by atoms with Crippen molar-refractivity contribution in [1.29, 1.82) is 5.26 Å². The maximum Gasteiger partial charge on any atom is 0.417 e. The number of ether oxygens (including phenoxy) is 1. The van der Waals surface area contributed by atoms with Crippen molar-refractivity contribution in [3.8, 4) is 11.8 Å². The topological polar surface area (TPSA) is 150 Å². The highest BCUT2D eigenvalue weighted by atomic mass is 32.1. The van der Waals surface area contributed by atoms with Crippen molar-refractivity contribution in [2.24, 2.45) is 0 Å².